The minimum absolute atomic E-state index is 0.0170. The molecule has 1 rings (SSSR count). The van der Waals surface area contributed by atoms with Crippen LogP contribution in [-0.4, -0.2) is 71.6 Å². The first kappa shape index (κ1) is 24.1. The lowest BCUT2D eigenvalue weighted by Gasteiger charge is -2.28. The van der Waals surface area contributed by atoms with Crippen molar-refractivity contribution in [1.29, 1.82) is 0 Å². The zero-order valence-electron chi connectivity index (χ0n) is 16.9. The molecule has 0 unspecified atom stereocenters. The fourth-order valence-electron chi connectivity index (χ4n) is 2.52. The first-order valence-electron chi connectivity index (χ1n) is 9.39. The predicted octanol–water partition coefficient (Wildman–Crippen LogP) is 3.31. The van der Waals surface area contributed by atoms with Gasteiger partial charge in [0.15, 0.2) is 6.61 Å². The summed E-state index contributed by atoms with van der Waals surface area (Å²) in [6.45, 7) is 7.79. The Balaban J connectivity index is 2.27. The third kappa shape index (κ3) is 9.73. The Kier molecular flexibility index (Phi) is 12.6. The minimum atomic E-state index is -2.66. The first-order valence-corrected chi connectivity index (χ1v) is 12.3. The summed E-state index contributed by atoms with van der Waals surface area (Å²) in [7, 11) is 0.615. The van der Waals surface area contributed by atoms with Crippen molar-refractivity contribution in [1.82, 2.24) is 4.90 Å². The molecule has 0 N–H and O–H groups in total. The van der Waals surface area contributed by atoms with Crippen LogP contribution in [0, 0.1) is 0 Å². The van der Waals surface area contributed by atoms with E-state index in [9.17, 15) is 4.79 Å². The van der Waals surface area contributed by atoms with Gasteiger partial charge in [-0.15, -0.1) is 0 Å². The highest BCUT2D eigenvalue weighted by molar-refractivity contribution is 8.13. The summed E-state index contributed by atoms with van der Waals surface area (Å²) in [6.07, 6.45) is 0.793. The molecular formula is C19H33NO5SSi. The van der Waals surface area contributed by atoms with Gasteiger partial charge in [0.2, 0.25) is 5.12 Å². The topological polar surface area (TPSA) is 57.2 Å². The van der Waals surface area contributed by atoms with Crippen LogP contribution < -0.4 is 4.74 Å². The Bertz CT molecular complexity index is 512. The molecule has 0 radical (unpaired) electrons. The molecule has 0 heterocycles. The van der Waals surface area contributed by atoms with Crippen LogP contribution >= 0.6 is 11.8 Å². The van der Waals surface area contributed by atoms with Crippen LogP contribution in [-0.2, 0) is 18.1 Å². The molecule has 0 atom stereocenters. The lowest BCUT2D eigenvalue weighted by molar-refractivity contribution is -0.112. The normalized spacial score (nSPS) is 11.7. The second-order valence-electron chi connectivity index (χ2n) is 5.89. The summed E-state index contributed by atoms with van der Waals surface area (Å²) >= 11 is 1.28. The molecule has 0 aliphatic heterocycles. The monoisotopic (exact) mass is 415 g/mol. The number of benzene rings is 1. The van der Waals surface area contributed by atoms with Crippen LogP contribution in [0.5, 0.6) is 5.75 Å². The molecule has 0 amide bonds. The average molecular weight is 416 g/mol. The van der Waals surface area contributed by atoms with E-state index < -0.39 is 8.80 Å². The van der Waals surface area contributed by atoms with Crippen molar-refractivity contribution in [2.75, 3.05) is 52.8 Å². The Morgan fingerprint density at radius 1 is 1.11 bits per heavy atom. The number of hydrogen-bond donors (Lipinski definition) is 0. The Morgan fingerprint density at radius 3 is 2.37 bits per heavy atom. The van der Waals surface area contributed by atoms with E-state index in [4.69, 9.17) is 18.0 Å². The molecule has 0 aliphatic rings. The molecule has 0 aromatic heterocycles. The van der Waals surface area contributed by atoms with Crippen LogP contribution in [0.25, 0.3) is 0 Å². The zero-order valence-corrected chi connectivity index (χ0v) is 18.8. The van der Waals surface area contributed by atoms with Crippen molar-refractivity contribution in [2.45, 2.75) is 26.3 Å². The molecule has 1 aromatic carbocycles. The Labute approximate surface area is 168 Å². The number of rotatable bonds is 15. The number of carbonyl (C=O) groups excluding carboxylic acids is 1. The van der Waals surface area contributed by atoms with Gasteiger partial charge in [-0.3, -0.25) is 4.79 Å². The second-order valence-corrected chi connectivity index (χ2v) is 10.0. The maximum atomic E-state index is 11.9. The summed E-state index contributed by atoms with van der Waals surface area (Å²) in [4.78, 5) is 14.2. The molecule has 0 saturated carbocycles. The maximum absolute atomic E-state index is 11.9. The van der Waals surface area contributed by atoms with E-state index in [-0.39, 0.29) is 11.7 Å². The van der Waals surface area contributed by atoms with Gasteiger partial charge in [-0.1, -0.05) is 43.8 Å². The van der Waals surface area contributed by atoms with Gasteiger partial charge in [-0.05, 0) is 31.6 Å². The summed E-state index contributed by atoms with van der Waals surface area (Å²) in [5, 5.41) is 0.0170. The van der Waals surface area contributed by atoms with Crippen LogP contribution in [0.4, 0.5) is 0 Å². The summed E-state index contributed by atoms with van der Waals surface area (Å²) in [5.74, 6) is 1.40. The van der Waals surface area contributed by atoms with Crippen molar-refractivity contribution in [3.63, 3.8) is 0 Å². The number of carbonyl (C=O) groups is 1. The van der Waals surface area contributed by atoms with Gasteiger partial charge < -0.3 is 22.9 Å². The van der Waals surface area contributed by atoms with Gasteiger partial charge in [0.1, 0.15) is 5.75 Å². The van der Waals surface area contributed by atoms with E-state index in [2.05, 4.69) is 18.7 Å². The summed E-state index contributed by atoms with van der Waals surface area (Å²) in [5.41, 5.74) is 0. The van der Waals surface area contributed by atoms with Crippen molar-refractivity contribution < 1.29 is 22.8 Å². The highest BCUT2D eigenvalue weighted by atomic mass is 32.2. The molecule has 1 aromatic rings. The third-order valence-corrected chi connectivity index (χ3v) is 8.02. The predicted molar refractivity (Wildman–Crippen MR) is 112 cm³/mol. The van der Waals surface area contributed by atoms with Crippen molar-refractivity contribution in [3.8, 4) is 5.75 Å². The highest BCUT2D eigenvalue weighted by Gasteiger charge is 2.38. The molecular weight excluding hydrogens is 382 g/mol. The fraction of sp³-hybridized carbons (Fsp3) is 0.632. The number of likely N-dealkylation sites (N-methyl/N-ethyl adjacent to an activating group) is 1. The van der Waals surface area contributed by atoms with Crippen LogP contribution in [0.2, 0.25) is 6.04 Å². The van der Waals surface area contributed by atoms with E-state index in [0.29, 0.717) is 24.2 Å². The molecule has 0 aliphatic carbocycles. The standard InChI is InChI=1S/C19H33NO5SSi/c1-5-20(6-2)13-14-25-27(22-3,23-4)16-10-15-26-19(21)17-24-18-11-8-7-9-12-18/h7-9,11-12H,5-6,10,13-17H2,1-4H3. The number of para-hydroxylation sites is 1. The quantitative estimate of drug-likeness (QED) is 0.322. The van der Waals surface area contributed by atoms with E-state index in [0.717, 1.165) is 26.1 Å². The van der Waals surface area contributed by atoms with E-state index >= 15 is 0 Å². The molecule has 0 bridgehead atoms. The smallest absolute Gasteiger partial charge is 0.485 e. The number of ether oxygens (including phenoxy) is 1. The van der Waals surface area contributed by atoms with Crippen LogP contribution in [0.1, 0.15) is 20.3 Å². The van der Waals surface area contributed by atoms with Gasteiger partial charge in [0.05, 0.1) is 6.61 Å². The average Bonchev–Trinajstić information content (AvgIpc) is 2.72. The summed E-state index contributed by atoms with van der Waals surface area (Å²) < 4.78 is 22.7. The highest BCUT2D eigenvalue weighted by Crippen LogP contribution is 2.19. The van der Waals surface area contributed by atoms with Crippen LogP contribution in [0.3, 0.4) is 0 Å². The zero-order chi connectivity index (χ0) is 20.0. The molecule has 0 saturated heterocycles. The molecule has 154 valence electrons. The van der Waals surface area contributed by atoms with E-state index in [1.165, 1.54) is 11.8 Å². The van der Waals surface area contributed by atoms with Gasteiger partial charge in [-0.2, -0.15) is 0 Å². The van der Waals surface area contributed by atoms with Crippen LogP contribution in [0.15, 0.2) is 30.3 Å². The van der Waals surface area contributed by atoms with Gasteiger partial charge in [-0.25, -0.2) is 0 Å². The van der Waals surface area contributed by atoms with Crippen molar-refractivity contribution >= 4 is 25.7 Å². The second kappa shape index (κ2) is 14.1. The summed E-state index contributed by atoms with van der Waals surface area (Å²) in [6, 6.07) is 10.0. The van der Waals surface area contributed by atoms with Gasteiger partial charge in [0, 0.05) is 32.6 Å². The molecule has 0 spiro atoms. The van der Waals surface area contributed by atoms with Gasteiger partial charge >= 0.3 is 8.80 Å². The van der Waals surface area contributed by atoms with E-state index in [1.54, 1.807) is 14.2 Å². The maximum Gasteiger partial charge on any atom is 0.500 e. The van der Waals surface area contributed by atoms with Crippen molar-refractivity contribution in [3.05, 3.63) is 30.3 Å². The van der Waals surface area contributed by atoms with Crippen molar-refractivity contribution in [2.24, 2.45) is 0 Å². The number of thioether (sulfide) groups is 1. The molecule has 0 fully saturated rings. The molecule has 6 nitrogen and oxygen atoms in total. The lowest BCUT2D eigenvalue weighted by atomic mass is 10.3. The first-order chi connectivity index (χ1) is 13.1. The third-order valence-electron chi connectivity index (χ3n) is 4.24. The van der Waals surface area contributed by atoms with Gasteiger partial charge in [0.25, 0.3) is 0 Å². The Morgan fingerprint density at radius 2 is 1.78 bits per heavy atom. The molecule has 27 heavy (non-hydrogen) atoms. The molecule has 8 heteroatoms. The fourth-order valence-corrected chi connectivity index (χ4v) is 5.40. The largest absolute Gasteiger partial charge is 0.500 e. The lowest BCUT2D eigenvalue weighted by Crippen LogP contribution is -2.45. The minimum Gasteiger partial charge on any atom is -0.485 e. The number of hydrogen-bond acceptors (Lipinski definition) is 7. The number of nitrogens with zero attached hydrogens (tertiary/aromatic N) is 1. The SMILES string of the molecule is CCN(CC)CCO[Si](CCCSC(=O)COc1ccccc1)(OC)OC. The van der Waals surface area contributed by atoms with E-state index in [1.807, 2.05) is 30.3 Å². The Hall–Kier alpha value is -0.903.